The first-order valence-electron chi connectivity index (χ1n) is 8.83. The Morgan fingerprint density at radius 2 is 1.90 bits per heavy atom. The zero-order valence-corrected chi connectivity index (χ0v) is 18.9. The Balaban J connectivity index is 0.00000300. The minimum Gasteiger partial charge on any atom is -0.497 e. The fraction of sp³-hybridized carbons (Fsp3) is 0.250. The molecule has 8 nitrogen and oxygen atoms in total. The second kappa shape index (κ2) is 11.2. The van der Waals surface area contributed by atoms with Gasteiger partial charge in [-0.15, -0.1) is 24.0 Å². The van der Waals surface area contributed by atoms with E-state index < -0.39 is 0 Å². The molecule has 9 heteroatoms. The van der Waals surface area contributed by atoms with Gasteiger partial charge in [0, 0.05) is 37.3 Å². The van der Waals surface area contributed by atoms with Crippen LogP contribution in [0.4, 0.5) is 0 Å². The van der Waals surface area contributed by atoms with Crippen LogP contribution in [0.25, 0.3) is 11.4 Å². The number of rotatable bonds is 7. The van der Waals surface area contributed by atoms with E-state index in [9.17, 15) is 0 Å². The quantitative estimate of drug-likeness (QED) is 0.258. The van der Waals surface area contributed by atoms with Crippen molar-refractivity contribution in [2.45, 2.75) is 13.1 Å². The third kappa shape index (κ3) is 6.08. The monoisotopic (exact) mass is 508 g/mol. The van der Waals surface area contributed by atoms with Crippen LogP contribution in [-0.2, 0) is 13.1 Å². The van der Waals surface area contributed by atoms with Gasteiger partial charge in [-0.25, -0.2) is 4.98 Å². The van der Waals surface area contributed by atoms with E-state index in [2.05, 4.69) is 36.9 Å². The molecule has 0 saturated heterocycles. The topological polar surface area (TPSA) is 96.5 Å². The van der Waals surface area contributed by atoms with Crippen molar-refractivity contribution in [3.63, 3.8) is 0 Å². The van der Waals surface area contributed by atoms with Crippen LogP contribution >= 0.6 is 24.0 Å². The number of benzene rings is 2. The molecule has 2 aromatic carbocycles. The van der Waals surface area contributed by atoms with Gasteiger partial charge in [0.25, 0.3) is 0 Å². The number of nitrogens with zero attached hydrogens (tertiary/aromatic N) is 3. The van der Waals surface area contributed by atoms with Gasteiger partial charge in [0.2, 0.25) is 0 Å². The predicted octanol–water partition coefficient (Wildman–Crippen LogP) is 2.97. The standard InChI is InChI=1S/C20H24N6O2.HI/c1-21-20(23-12-16-7-8-17(27-2)10-18(16)28-3)22-11-14-5-4-6-15(9-14)19-24-13-25-26-19;/h4-10,13H,11-12H2,1-3H3,(H2,21,22,23)(H,24,25,26);1H. The van der Waals surface area contributed by atoms with E-state index >= 15 is 0 Å². The summed E-state index contributed by atoms with van der Waals surface area (Å²) in [6.45, 7) is 1.20. The van der Waals surface area contributed by atoms with E-state index in [-0.39, 0.29) is 24.0 Å². The van der Waals surface area contributed by atoms with Gasteiger partial charge in [-0.2, -0.15) is 5.10 Å². The highest BCUT2D eigenvalue weighted by atomic mass is 127. The number of H-pyrrole nitrogens is 1. The number of hydrogen-bond acceptors (Lipinski definition) is 5. The fourth-order valence-electron chi connectivity index (χ4n) is 2.76. The van der Waals surface area contributed by atoms with Crippen molar-refractivity contribution in [1.29, 1.82) is 0 Å². The van der Waals surface area contributed by atoms with Crippen LogP contribution < -0.4 is 20.1 Å². The molecule has 1 heterocycles. The summed E-state index contributed by atoms with van der Waals surface area (Å²) in [6.07, 6.45) is 1.50. The van der Waals surface area contributed by atoms with Crippen LogP contribution in [0.15, 0.2) is 53.8 Å². The molecule has 0 aliphatic carbocycles. The highest BCUT2D eigenvalue weighted by molar-refractivity contribution is 14.0. The van der Waals surface area contributed by atoms with Crippen LogP contribution in [-0.4, -0.2) is 42.4 Å². The Morgan fingerprint density at radius 3 is 2.59 bits per heavy atom. The summed E-state index contributed by atoms with van der Waals surface area (Å²) in [5.41, 5.74) is 3.11. The van der Waals surface area contributed by atoms with Crippen molar-refractivity contribution >= 4 is 29.9 Å². The molecule has 0 spiro atoms. The van der Waals surface area contributed by atoms with Gasteiger partial charge in [0.05, 0.1) is 14.2 Å². The third-order valence-corrected chi connectivity index (χ3v) is 4.24. The highest BCUT2D eigenvalue weighted by Gasteiger charge is 2.07. The number of methoxy groups -OCH3 is 2. The molecular formula is C20H25IN6O2. The maximum Gasteiger partial charge on any atom is 0.191 e. The normalized spacial score (nSPS) is 10.8. The summed E-state index contributed by atoms with van der Waals surface area (Å²) in [5, 5.41) is 13.4. The summed E-state index contributed by atoms with van der Waals surface area (Å²) in [5.74, 6) is 2.97. The van der Waals surface area contributed by atoms with Crippen LogP contribution in [0.5, 0.6) is 11.5 Å². The summed E-state index contributed by atoms with van der Waals surface area (Å²) in [7, 11) is 5.02. The molecule has 1 aromatic heterocycles. The second-order valence-electron chi connectivity index (χ2n) is 5.99. The average Bonchev–Trinajstić information content (AvgIpc) is 3.29. The predicted molar refractivity (Wildman–Crippen MR) is 124 cm³/mol. The van der Waals surface area contributed by atoms with Crippen molar-refractivity contribution in [2.75, 3.05) is 21.3 Å². The molecule has 0 radical (unpaired) electrons. The molecular weight excluding hydrogens is 483 g/mol. The third-order valence-electron chi connectivity index (χ3n) is 4.24. The lowest BCUT2D eigenvalue weighted by molar-refractivity contribution is 0.390. The lowest BCUT2D eigenvalue weighted by Gasteiger charge is -2.14. The Labute approximate surface area is 187 Å². The molecule has 154 valence electrons. The zero-order chi connectivity index (χ0) is 19.8. The van der Waals surface area contributed by atoms with Crippen molar-refractivity contribution in [1.82, 2.24) is 25.8 Å². The summed E-state index contributed by atoms with van der Waals surface area (Å²) >= 11 is 0. The number of aromatic amines is 1. The van der Waals surface area contributed by atoms with Crippen LogP contribution in [0.1, 0.15) is 11.1 Å². The van der Waals surface area contributed by atoms with Gasteiger partial charge in [0.1, 0.15) is 17.8 Å². The Kier molecular flexibility index (Phi) is 8.71. The Morgan fingerprint density at radius 1 is 1.07 bits per heavy atom. The molecule has 0 unspecified atom stereocenters. The Bertz CT molecular complexity index is 930. The van der Waals surface area contributed by atoms with E-state index in [1.807, 2.05) is 36.4 Å². The molecule has 0 aliphatic heterocycles. The first-order valence-corrected chi connectivity index (χ1v) is 8.83. The van der Waals surface area contributed by atoms with E-state index in [1.54, 1.807) is 21.3 Å². The van der Waals surface area contributed by atoms with Crippen LogP contribution in [0.3, 0.4) is 0 Å². The largest absolute Gasteiger partial charge is 0.497 e. The molecule has 29 heavy (non-hydrogen) atoms. The van der Waals surface area contributed by atoms with Crippen molar-refractivity contribution in [2.24, 2.45) is 4.99 Å². The van der Waals surface area contributed by atoms with Gasteiger partial charge in [-0.1, -0.05) is 18.2 Å². The molecule has 3 N–H and O–H groups in total. The highest BCUT2D eigenvalue weighted by Crippen LogP contribution is 2.24. The van der Waals surface area contributed by atoms with Crippen molar-refractivity contribution in [3.05, 3.63) is 59.9 Å². The summed E-state index contributed by atoms with van der Waals surface area (Å²) in [4.78, 5) is 8.47. The number of aromatic nitrogens is 3. The number of guanidine groups is 1. The SMILES string of the molecule is CN=C(NCc1cccc(-c2ncn[nH]2)c1)NCc1ccc(OC)cc1OC.I. The average molecular weight is 508 g/mol. The molecule has 0 atom stereocenters. The molecule has 3 aromatic rings. The molecule has 0 bridgehead atoms. The molecule has 3 rings (SSSR count). The molecule has 0 fully saturated rings. The minimum atomic E-state index is 0. The smallest absolute Gasteiger partial charge is 0.191 e. The van der Waals surface area contributed by atoms with E-state index in [4.69, 9.17) is 9.47 Å². The number of aliphatic imine (C=N–C) groups is 1. The summed E-state index contributed by atoms with van der Waals surface area (Å²) < 4.78 is 10.7. The molecule has 0 aliphatic rings. The molecule has 0 amide bonds. The van der Waals surface area contributed by atoms with E-state index in [0.29, 0.717) is 19.0 Å². The van der Waals surface area contributed by atoms with E-state index in [0.717, 1.165) is 34.0 Å². The second-order valence-corrected chi connectivity index (χ2v) is 5.99. The molecule has 0 saturated carbocycles. The maximum atomic E-state index is 5.44. The maximum absolute atomic E-state index is 5.44. The van der Waals surface area contributed by atoms with Crippen molar-refractivity contribution < 1.29 is 9.47 Å². The zero-order valence-electron chi connectivity index (χ0n) is 16.6. The number of halogens is 1. The summed E-state index contributed by atoms with van der Waals surface area (Å²) in [6, 6.07) is 13.8. The van der Waals surface area contributed by atoms with Gasteiger partial charge < -0.3 is 20.1 Å². The number of nitrogens with one attached hydrogen (secondary N) is 3. The van der Waals surface area contributed by atoms with Crippen molar-refractivity contribution in [3.8, 4) is 22.9 Å². The van der Waals surface area contributed by atoms with Gasteiger partial charge >= 0.3 is 0 Å². The Hall–Kier alpha value is -2.82. The number of ether oxygens (including phenoxy) is 2. The van der Waals surface area contributed by atoms with Crippen LogP contribution in [0.2, 0.25) is 0 Å². The lowest BCUT2D eigenvalue weighted by Crippen LogP contribution is -2.36. The lowest BCUT2D eigenvalue weighted by atomic mass is 10.1. The van der Waals surface area contributed by atoms with Gasteiger partial charge in [-0.3, -0.25) is 10.1 Å². The first-order chi connectivity index (χ1) is 13.7. The minimum absolute atomic E-state index is 0. The van der Waals surface area contributed by atoms with E-state index in [1.165, 1.54) is 6.33 Å². The van der Waals surface area contributed by atoms with Crippen LogP contribution in [0, 0.1) is 0 Å². The number of hydrogen-bond donors (Lipinski definition) is 3. The van der Waals surface area contributed by atoms with Gasteiger partial charge in [0.15, 0.2) is 11.8 Å². The van der Waals surface area contributed by atoms with Gasteiger partial charge in [-0.05, 0) is 23.8 Å². The first kappa shape index (κ1) is 22.5. The fourth-order valence-corrected chi connectivity index (χ4v) is 2.76.